The van der Waals surface area contributed by atoms with Crippen molar-refractivity contribution >= 4 is 39.1 Å². The Labute approximate surface area is 138 Å². The molecule has 2 heterocycles. The second-order valence-corrected chi connectivity index (χ2v) is 7.41. The van der Waals surface area contributed by atoms with Crippen LogP contribution < -0.4 is 5.32 Å². The molecule has 0 aliphatic rings. The van der Waals surface area contributed by atoms with E-state index in [0.29, 0.717) is 5.13 Å². The molecule has 0 radical (unpaired) electrons. The zero-order valence-electron chi connectivity index (χ0n) is 12.4. The van der Waals surface area contributed by atoms with Crippen molar-refractivity contribution in [2.24, 2.45) is 0 Å². The number of rotatable bonds is 7. The highest BCUT2D eigenvalue weighted by molar-refractivity contribution is 7.84. The molecular formula is C13H15N3O5S2. The van der Waals surface area contributed by atoms with Gasteiger partial charge in [0.15, 0.2) is 0 Å². The Hall–Kier alpha value is -2.07. The van der Waals surface area contributed by atoms with Crippen LogP contribution in [0.1, 0.15) is 41.1 Å². The number of furan rings is 1. The molecule has 0 aliphatic carbocycles. The molecule has 2 aromatic heterocycles. The van der Waals surface area contributed by atoms with Gasteiger partial charge in [-0.25, -0.2) is 4.79 Å². The summed E-state index contributed by atoms with van der Waals surface area (Å²) in [7, 11) is -1.52. The van der Waals surface area contributed by atoms with Gasteiger partial charge >= 0.3 is 5.97 Å². The Balaban J connectivity index is 1.86. The van der Waals surface area contributed by atoms with Crippen molar-refractivity contribution in [3.8, 4) is 0 Å². The Kier molecular flexibility index (Phi) is 5.61. The van der Waals surface area contributed by atoms with Gasteiger partial charge in [0.05, 0.1) is 5.75 Å². The molecule has 1 atom stereocenters. The number of hydrogen-bond acceptors (Lipinski definition) is 7. The van der Waals surface area contributed by atoms with Crippen LogP contribution in [0.2, 0.25) is 0 Å². The molecule has 10 heteroatoms. The Morgan fingerprint density at radius 3 is 2.70 bits per heavy atom. The Bertz CT molecular complexity index is 738. The summed E-state index contributed by atoms with van der Waals surface area (Å²) in [4.78, 5) is 22.5. The largest absolute Gasteiger partial charge is 0.475 e. The number of anilines is 1. The number of nitrogens with one attached hydrogen (secondary N) is 1. The van der Waals surface area contributed by atoms with Crippen LogP contribution in [-0.4, -0.2) is 37.1 Å². The maximum absolute atomic E-state index is 11.9. The first-order chi connectivity index (χ1) is 10.8. The van der Waals surface area contributed by atoms with Gasteiger partial charge in [-0.05, 0) is 12.1 Å². The van der Waals surface area contributed by atoms with E-state index in [2.05, 4.69) is 15.5 Å². The molecule has 0 fully saturated rings. The van der Waals surface area contributed by atoms with E-state index in [0.717, 1.165) is 5.01 Å². The molecule has 2 aromatic rings. The van der Waals surface area contributed by atoms with E-state index in [1.54, 1.807) is 0 Å². The highest BCUT2D eigenvalue weighted by Gasteiger charge is 2.15. The Morgan fingerprint density at radius 1 is 1.39 bits per heavy atom. The lowest BCUT2D eigenvalue weighted by Crippen LogP contribution is -2.20. The van der Waals surface area contributed by atoms with E-state index >= 15 is 0 Å². The number of aromatic carboxylic acids is 1. The molecule has 1 amide bonds. The van der Waals surface area contributed by atoms with Crippen LogP contribution in [0, 0.1) is 0 Å². The zero-order chi connectivity index (χ0) is 17.0. The summed E-state index contributed by atoms with van der Waals surface area (Å²) in [6, 6.07) is 2.71. The van der Waals surface area contributed by atoms with Gasteiger partial charge in [-0.2, -0.15) is 0 Å². The summed E-state index contributed by atoms with van der Waals surface area (Å²) in [6.45, 7) is 3.94. The minimum atomic E-state index is -1.52. The normalized spacial score (nSPS) is 12.3. The summed E-state index contributed by atoms with van der Waals surface area (Å²) in [6.07, 6.45) is 0. The van der Waals surface area contributed by atoms with E-state index in [1.807, 2.05) is 13.8 Å². The number of hydrogen-bond donors (Lipinski definition) is 2. The molecule has 0 aromatic carbocycles. The first-order valence-electron chi connectivity index (χ1n) is 6.65. The summed E-state index contributed by atoms with van der Waals surface area (Å²) in [5.41, 5.74) is 0. The van der Waals surface area contributed by atoms with Gasteiger partial charge in [0.2, 0.25) is 16.8 Å². The van der Waals surface area contributed by atoms with E-state index in [1.165, 1.54) is 23.5 Å². The van der Waals surface area contributed by atoms with Gasteiger partial charge in [0.1, 0.15) is 16.5 Å². The molecule has 8 nitrogen and oxygen atoms in total. The molecule has 23 heavy (non-hydrogen) atoms. The smallest absolute Gasteiger partial charge is 0.371 e. The average molecular weight is 357 g/mol. The van der Waals surface area contributed by atoms with Crippen molar-refractivity contribution in [3.05, 3.63) is 28.7 Å². The highest BCUT2D eigenvalue weighted by atomic mass is 32.2. The first-order valence-corrected chi connectivity index (χ1v) is 8.96. The minimum Gasteiger partial charge on any atom is -0.475 e. The third kappa shape index (κ3) is 4.96. The number of carboxylic acid groups (broad SMARTS) is 1. The number of amides is 1. The van der Waals surface area contributed by atoms with Crippen LogP contribution >= 0.6 is 11.3 Å². The number of carbonyl (C=O) groups excluding carboxylic acids is 1. The second-order valence-electron chi connectivity index (χ2n) is 4.95. The third-order valence-electron chi connectivity index (χ3n) is 2.65. The number of nitrogens with zero attached hydrogens (tertiary/aromatic N) is 2. The average Bonchev–Trinajstić information content (AvgIpc) is 3.07. The first kappa shape index (κ1) is 17.3. The van der Waals surface area contributed by atoms with Crippen molar-refractivity contribution in [1.82, 2.24) is 10.2 Å². The van der Waals surface area contributed by atoms with Crippen LogP contribution in [0.5, 0.6) is 0 Å². The maximum atomic E-state index is 11.9. The van der Waals surface area contributed by atoms with E-state index in [-0.39, 0.29) is 28.9 Å². The predicted octanol–water partition coefficient (Wildman–Crippen LogP) is 1.84. The molecule has 2 rings (SSSR count). The van der Waals surface area contributed by atoms with Gasteiger partial charge in [-0.3, -0.25) is 14.3 Å². The molecule has 0 bridgehead atoms. The van der Waals surface area contributed by atoms with Crippen LogP contribution in [0.4, 0.5) is 5.13 Å². The molecule has 0 saturated heterocycles. The lowest BCUT2D eigenvalue weighted by molar-refractivity contribution is -0.113. The Morgan fingerprint density at radius 2 is 2.13 bits per heavy atom. The SMILES string of the molecule is CC(C)c1nnc(NC(=O)CS(=O)Cc2ccc(C(=O)O)o2)s1. The van der Waals surface area contributed by atoms with Crippen LogP contribution in [-0.2, 0) is 21.3 Å². The zero-order valence-corrected chi connectivity index (χ0v) is 14.1. The van der Waals surface area contributed by atoms with E-state index < -0.39 is 22.7 Å². The molecule has 124 valence electrons. The summed E-state index contributed by atoms with van der Waals surface area (Å²) in [5, 5.41) is 20.2. The fourth-order valence-electron chi connectivity index (χ4n) is 1.60. The van der Waals surface area contributed by atoms with Gasteiger partial charge in [0.25, 0.3) is 0 Å². The maximum Gasteiger partial charge on any atom is 0.371 e. The van der Waals surface area contributed by atoms with Crippen molar-refractivity contribution in [1.29, 1.82) is 0 Å². The number of aromatic nitrogens is 2. The van der Waals surface area contributed by atoms with Gasteiger partial charge in [-0.1, -0.05) is 25.2 Å². The second kappa shape index (κ2) is 7.47. The topological polar surface area (TPSA) is 122 Å². The monoisotopic (exact) mass is 357 g/mol. The standard InChI is InChI=1S/C13H15N3O5S2/c1-7(2)11-15-16-13(22-11)14-10(17)6-23(20)5-8-3-4-9(21-8)12(18)19/h3-4,7H,5-6H2,1-2H3,(H,18,19)(H,14,16,17). The van der Waals surface area contributed by atoms with Crippen molar-refractivity contribution < 1.29 is 23.3 Å². The minimum absolute atomic E-state index is 0.0337. The molecule has 0 spiro atoms. The highest BCUT2D eigenvalue weighted by Crippen LogP contribution is 2.22. The molecular weight excluding hydrogens is 342 g/mol. The molecule has 2 N–H and O–H groups in total. The van der Waals surface area contributed by atoms with Crippen molar-refractivity contribution in [2.75, 3.05) is 11.1 Å². The van der Waals surface area contributed by atoms with Gasteiger partial charge in [-0.15, -0.1) is 10.2 Å². The molecule has 0 aliphatic heterocycles. The van der Waals surface area contributed by atoms with E-state index in [4.69, 9.17) is 9.52 Å². The van der Waals surface area contributed by atoms with Gasteiger partial charge in [0, 0.05) is 16.7 Å². The number of carbonyl (C=O) groups is 2. The lowest BCUT2D eigenvalue weighted by Gasteiger charge is -2.01. The van der Waals surface area contributed by atoms with Crippen LogP contribution in [0.3, 0.4) is 0 Å². The summed E-state index contributed by atoms with van der Waals surface area (Å²) in [5.74, 6) is -1.66. The number of carboxylic acids is 1. The quantitative estimate of drug-likeness (QED) is 0.775. The summed E-state index contributed by atoms with van der Waals surface area (Å²) >= 11 is 1.27. The van der Waals surface area contributed by atoms with E-state index in [9.17, 15) is 13.8 Å². The van der Waals surface area contributed by atoms with Crippen molar-refractivity contribution in [2.45, 2.75) is 25.5 Å². The third-order valence-corrected chi connectivity index (χ3v) is 4.98. The van der Waals surface area contributed by atoms with Crippen LogP contribution in [0.25, 0.3) is 0 Å². The lowest BCUT2D eigenvalue weighted by atomic mass is 10.2. The van der Waals surface area contributed by atoms with Crippen molar-refractivity contribution in [3.63, 3.8) is 0 Å². The molecule has 0 saturated carbocycles. The van der Waals surface area contributed by atoms with Crippen LogP contribution in [0.15, 0.2) is 16.5 Å². The van der Waals surface area contributed by atoms with Gasteiger partial charge < -0.3 is 9.52 Å². The molecule has 1 unspecified atom stereocenters. The fourth-order valence-corrected chi connectivity index (χ4v) is 3.30. The summed E-state index contributed by atoms with van der Waals surface area (Å²) < 4.78 is 16.9. The predicted molar refractivity (Wildman–Crippen MR) is 85.0 cm³/mol. The fraction of sp³-hybridized carbons (Fsp3) is 0.385.